The second kappa shape index (κ2) is 7.87. The van der Waals surface area contributed by atoms with Gasteiger partial charge in [0.15, 0.2) is 23.7 Å². The predicted molar refractivity (Wildman–Crippen MR) is 88.9 cm³/mol. The van der Waals surface area contributed by atoms with Gasteiger partial charge in [-0.25, -0.2) is 13.2 Å². The van der Waals surface area contributed by atoms with E-state index in [0.717, 1.165) is 4.90 Å². The van der Waals surface area contributed by atoms with Crippen LogP contribution in [0.2, 0.25) is 0 Å². The van der Waals surface area contributed by atoms with E-state index in [1.165, 1.54) is 6.92 Å². The van der Waals surface area contributed by atoms with E-state index in [1.807, 2.05) is 0 Å². The Morgan fingerprint density at radius 1 is 1.23 bits per heavy atom. The number of benzene rings is 1. The number of hydrogen-bond acceptors (Lipinski definition) is 5. The Morgan fingerprint density at radius 2 is 1.87 bits per heavy atom. The lowest BCUT2D eigenvalue weighted by Gasteiger charge is -2.38. The first-order valence-electron chi connectivity index (χ1n) is 8.78. The molecule has 0 spiro atoms. The Labute approximate surface area is 166 Å². The molecule has 0 saturated heterocycles. The van der Waals surface area contributed by atoms with Gasteiger partial charge in [-0.05, 0) is 25.0 Å². The molecule has 30 heavy (non-hydrogen) atoms. The highest BCUT2D eigenvalue weighted by molar-refractivity contribution is 5.77. The molecule has 2 unspecified atom stereocenters. The van der Waals surface area contributed by atoms with Crippen LogP contribution in [0.25, 0.3) is 0 Å². The van der Waals surface area contributed by atoms with Crippen LogP contribution in [0.4, 0.5) is 26.3 Å². The summed E-state index contributed by atoms with van der Waals surface area (Å²) in [5.41, 5.74) is 5.58. The van der Waals surface area contributed by atoms with E-state index in [2.05, 4.69) is 10.2 Å². The summed E-state index contributed by atoms with van der Waals surface area (Å²) in [6.07, 6.45) is -7.31. The van der Waals surface area contributed by atoms with Crippen LogP contribution in [0.3, 0.4) is 0 Å². The van der Waals surface area contributed by atoms with Crippen molar-refractivity contribution in [3.8, 4) is 0 Å². The predicted octanol–water partition coefficient (Wildman–Crippen LogP) is 1.90. The summed E-state index contributed by atoms with van der Waals surface area (Å²) in [6, 6.07) is -0.888. The van der Waals surface area contributed by atoms with Crippen molar-refractivity contribution >= 4 is 5.91 Å². The molecule has 1 aliphatic heterocycles. The van der Waals surface area contributed by atoms with E-state index in [4.69, 9.17) is 5.73 Å². The number of rotatable bonds is 4. The average Bonchev–Trinajstić information content (AvgIpc) is 3.03. The summed E-state index contributed by atoms with van der Waals surface area (Å²) in [4.78, 5) is 13.5. The highest BCUT2D eigenvalue weighted by Crippen LogP contribution is 2.34. The lowest BCUT2D eigenvalue weighted by Crippen LogP contribution is -2.50. The van der Waals surface area contributed by atoms with Gasteiger partial charge < -0.3 is 20.3 Å². The Balaban J connectivity index is 1.74. The van der Waals surface area contributed by atoms with Gasteiger partial charge >= 0.3 is 6.18 Å². The van der Waals surface area contributed by atoms with E-state index >= 15 is 0 Å². The second-order valence-electron chi connectivity index (χ2n) is 7.04. The summed E-state index contributed by atoms with van der Waals surface area (Å²) < 4.78 is 79.8. The molecule has 164 valence electrons. The van der Waals surface area contributed by atoms with Crippen molar-refractivity contribution in [2.45, 2.75) is 50.8 Å². The summed E-state index contributed by atoms with van der Waals surface area (Å²) in [6.45, 7) is 1.11. The molecule has 2 aromatic rings. The van der Waals surface area contributed by atoms with Gasteiger partial charge in [-0.15, -0.1) is 10.2 Å². The van der Waals surface area contributed by atoms with E-state index in [9.17, 15) is 36.2 Å². The zero-order chi connectivity index (χ0) is 22.4. The van der Waals surface area contributed by atoms with Gasteiger partial charge in [0.25, 0.3) is 0 Å². The zero-order valence-electron chi connectivity index (χ0n) is 15.5. The van der Waals surface area contributed by atoms with Crippen LogP contribution in [0, 0.1) is 17.5 Å². The number of hydrogen-bond donors (Lipinski definition) is 2. The Hall–Kier alpha value is -2.67. The highest BCUT2D eigenvalue weighted by Gasteiger charge is 2.44. The van der Waals surface area contributed by atoms with Crippen LogP contribution in [0.1, 0.15) is 36.8 Å². The number of aliphatic hydroxyl groups is 1. The summed E-state index contributed by atoms with van der Waals surface area (Å²) >= 11 is 0. The number of alkyl halides is 3. The maximum Gasteiger partial charge on any atom is 0.451 e. The molecule has 1 aliphatic rings. The number of carbonyl (C=O) groups is 1. The van der Waals surface area contributed by atoms with Crippen molar-refractivity contribution in [2.24, 2.45) is 5.73 Å². The molecule has 7 nitrogen and oxygen atoms in total. The molecule has 0 bridgehead atoms. The fraction of sp³-hybridized carbons (Fsp3) is 0.471. The Kier molecular flexibility index (Phi) is 5.78. The van der Waals surface area contributed by atoms with Crippen molar-refractivity contribution in [1.29, 1.82) is 0 Å². The number of aliphatic hydroxyl groups excluding tert-OH is 1. The standard InChI is InChI=1S/C17H17F6N5O2/c1-7-6-27-14(25-26-16(27)17(21,22)23)15(30)28(7)13(29)4-9(24)2-8-3-11(19)12(20)5-10(8)18/h3,5,7,9,15,30H,2,4,6,24H2,1H3/t7-,9?,15?/m0/s1. The van der Waals surface area contributed by atoms with Gasteiger partial charge in [-0.1, -0.05) is 0 Å². The quantitative estimate of drug-likeness (QED) is 0.563. The van der Waals surface area contributed by atoms with Crippen molar-refractivity contribution in [3.05, 3.63) is 46.8 Å². The van der Waals surface area contributed by atoms with Crippen LogP contribution >= 0.6 is 0 Å². The number of nitrogens with zero attached hydrogens (tertiary/aromatic N) is 4. The highest BCUT2D eigenvalue weighted by atomic mass is 19.4. The molecule has 3 N–H and O–H groups in total. The molecule has 1 aromatic carbocycles. The molecular formula is C17H17F6N5O2. The number of carbonyl (C=O) groups excluding carboxylic acids is 1. The molecule has 3 rings (SSSR count). The topological polar surface area (TPSA) is 97.3 Å². The molecule has 0 saturated carbocycles. The first-order chi connectivity index (χ1) is 13.9. The maximum absolute atomic E-state index is 13.8. The SMILES string of the molecule is C[C@H]1Cn2c(nnc2C(F)(F)F)C(O)N1C(=O)CC(N)Cc1cc(F)c(F)cc1F. The van der Waals surface area contributed by atoms with E-state index < -0.39 is 65.9 Å². The summed E-state index contributed by atoms with van der Waals surface area (Å²) in [7, 11) is 0. The molecule has 1 amide bonds. The lowest BCUT2D eigenvalue weighted by atomic mass is 10.0. The van der Waals surface area contributed by atoms with Gasteiger partial charge in [-0.3, -0.25) is 4.79 Å². The van der Waals surface area contributed by atoms with Crippen molar-refractivity contribution in [3.63, 3.8) is 0 Å². The van der Waals surface area contributed by atoms with Crippen molar-refractivity contribution in [1.82, 2.24) is 19.7 Å². The van der Waals surface area contributed by atoms with Crippen LogP contribution < -0.4 is 5.73 Å². The van der Waals surface area contributed by atoms with Crippen LogP contribution in [0.5, 0.6) is 0 Å². The van der Waals surface area contributed by atoms with Gasteiger partial charge in [0, 0.05) is 31.1 Å². The second-order valence-corrected chi connectivity index (χ2v) is 7.04. The molecule has 13 heteroatoms. The monoisotopic (exact) mass is 437 g/mol. The fourth-order valence-corrected chi connectivity index (χ4v) is 3.40. The van der Waals surface area contributed by atoms with Crippen LogP contribution in [0.15, 0.2) is 12.1 Å². The number of halogens is 6. The number of fused-ring (bicyclic) bond motifs is 1. The molecule has 1 aromatic heterocycles. The Morgan fingerprint density at radius 3 is 2.50 bits per heavy atom. The molecular weight excluding hydrogens is 420 g/mol. The third-order valence-corrected chi connectivity index (χ3v) is 4.75. The zero-order valence-corrected chi connectivity index (χ0v) is 15.5. The molecule has 3 atom stereocenters. The summed E-state index contributed by atoms with van der Waals surface area (Å²) in [5.74, 6) is -6.14. The molecule has 0 radical (unpaired) electrons. The average molecular weight is 437 g/mol. The summed E-state index contributed by atoms with van der Waals surface area (Å²) in [5, 5.41) is 16.8. The van der Waals surface area contributed by atoms with E-state index in [-0.39, 0.29) is 18.5 Å². The largest absolute Gasteiger partial charge is 0.451 e. The van der Waals surface area contributed by atoms with E-state index in [0.29, 0.717) is 16.7 Å². The first-order valence-corrected chi connectivity index (χ1v) is 8.78. The number of aromatic nitrogens is 3. The minimum atomic E-state index is -4.78. The number of amides is 1. The molecule has 2 heterocycles. The lowest BCUT2D eigenvalue weighted by molar-refractivity contribution is -0.155. The molecule has 0 aliphatic carbocycles. The normalized spacial score (nSPS) is 20.2. The van der Waals surface area contributed by atoms with Gasteiger partial charge in [0.2, 0.25) is 11.7 Å². The molecule has 0 fully saturated rings. The third-order valence-electron chi connectivity index (χ3n) is 4.75. The number of nitrogens with two attached hydrogens (primary N) is 1. The van der Waals surface area contributed by atoms with Crippen LogP contribution in [-0.2, 0) is 23.9 Å². The van der Waals surface area contributed by atoms with E-state index in [1.54, 1.807) is 0 Å². The smallest absolute Gasteiger partial charge is 0.367 e. The van der Waals surface area contributed by atoms with Gasteiger partial charge in [0.1, 0.15) is 5.82 Å². The van der Waals surface area contributed by atoms with Crippen LogP contribution in [-0.4, -0.2) is 42.8 Å². The first kappa shape index (κ1) is 22.0. The third kappa shape index (κ3) is 4.12. The fourth-order valence-electron chi connectivity index (χ4n) is 3.40. The minimum absolute atomic E-state index is 0.240. The minimum Gasteiger partial charge on any atom is -0.367 e. The maximum atomic E-state index is 13.8. The van der Waals surface area contributed by atoms with Crippen molar-refractivity contribution < 1.29 is 36.2 Å². The van der Waals surface area contributed by atoms with Gasteiger partial charge in [-0.2, -0.15) is 13.2 Å². The van der Waals surface area contributed by atoms with Crippen molar-refractivity contribution in [2.75, 3.05) is 0 Å². The Bertz CT molecular complexity index is 963. The van der Waals surface area contributed by atoms with Gasteiger partial charge in [0.05, 0.1) is 0 Å².